The molecule has 0 aromatic rings. The fourth-order valence-electron chi connectivity index (χ4n) is 4.83. The first-order chi connectivity index (χ1) is 10.7. The number of hydrogen-bond acceptors (Lipinski definition) is 2. The molecule has 4 atom stereocenters. The largest absolute Gasteiger partial charge is 0.393 e. The van der Waals surface area contributed by atoms with Crippen LogP contribution in [0.5, 0.6) is 0 Å². The first-order valence-electron chi connectivity index (χ1n) is 9.33. The minimum Gasteiger partial charge on any atom is -0.393 e. The van der Waals surface area contributed by atoms with Crippen molar-refractivity contribution in [3.63, 3.8) is 0 Å². The quantitative estimate of drug-likeness (QED) is 0.734. The smallest absolute Gasteiger partial charge is 0.137 e. The monoisotopic (exact) mass is 275 g/mol. The summed E-state index contributed by atoms with van der Waals surface area (Å²) in [6.07, 6.45) is 2.90. The van der Waals surface area contributed by atoms with E-state index in [-0.39, 0.29) is 18.3 Å². The maximum Gasteiger partial charge on any atom is 0.137 e. The predicted octanol–water partition coefficient (Wildman–Crippen LogP) is 3.55. The van der Waals surface area contributed by atoms with Gasteiger partial charge in [0.05, 0.1) is 7.45 Å². The van der Waals surface area contributed by atoms with E-state index in [4.69, 9.17) is 4.11 Å². The van der Waals surface area contributed by atoms with Gasteiger partial charge in [-0.3, -0.25) is 4.79 Å². The molecule has 4 aliphatic carbocycles. The molecule has 1 saturated carbocycles. The summed E-state index contributed by atoms with van der Waals surface area (Å²) in [4.78, 5) is 11.7. The molecule has 0 bridgehead atoms. The summed E-state index contributed by atoms with van der Waals surface area (Å²) < 4.78 is 24.7. The minimum absolute atomic E-state index is 0.00618. The van der Waals surface area contributed by atoms with Crippen LogP contribution in [0.15, 0.2) is 22.8 Å². The average molecular weight is 275 g/mol. The van der Waals surface area contributed by atoms with Crippen molar-refractivity contribution in [2.24, 2.45) is 17.3 Å². The summed E-state index contributed by atoms with van der Waals surface area (Å²) in [5, 5.41) is 10.6. The van der Waals surface area contributed by atoms with E-state index in [9.17, 15) is 9.90 Å². The summed E-state index contributed by atoms with van der Waals surface area (Å²) in [6.45, 7) is 1.89. The van der Waals surface area contributed by atoms with Crippen LogP contribution in [0.25, 0.3) is 0 Å². The molecular formula is C18H24O2. The Kier molecular flexibility index (Phi) is 2.14. The highest BCUT2D eigenvalue weighted by molar-refractivity contribution is 5.83. The molecule has 2 nitrogen and oxygen atoms in total. The van der Waals surface area contributed by atoms with Crippen molar-refractivity contribution in [2.45, 2.75) is 64.3 Å². The third-order valence-electron chi connectivity index (χ3n) is 6.08. The molecule has 4 aliphatic rings. The highest BCUT2D eigenvalue weighted by atomic mass is 16.3. The van der Waals surface area contributed by atoms with E-state index in [0.717, 1.165) is 19.3 Å². The van der Waals surface area contributed by atoms with E-state index >= 15 is 0 Å². The van der Waals surface area contributed by atoms with E-state index in [0.29, 0.717) is 25.0 Å². The van der Waals surface area contributed by atoms with E-state index in [1.807, 2.05) is 6.92 Å². The number of aliphatic hydroxyl groups is 1. The van der Waals surface area contributed by atoms with Gasteiger partial charge < -0.3 is 5.11 Å². The Hall–Kier alpha value is -0.890. The van der Waals surface area contributed by atoms with Gasteiger partial charge in [-0.25, -0.2) is 0 Å². The zero-order valence-corrected chi connectivity index (χ0v) is 12.0. The maximum atomic E-state index is 11.7. The molecule has 0 amide bonds. The Morgan fingerprint density at radius 2 is 2.25 bits per heavy atom. The molecule has 108 valence electrons. The summed E-state index contributed by atoms with van der Waals surface area (Å²) in [5.41, 5.74) is 3.20. The van der Waals surface area contributed by atoms with Crippen molar-refractivity contribution in [3.05, 3.63) is 22.8 Å². The Morgan fingerprint density at radius 1 is 1.40 bits per heavy atom. The molecule has 0 aliphatic heterocycles. The molecule has 2 heteroatoms. The van der Waals surface area contributed by atoms with Gasteiger partial charge in [-0.2, -0.15) is 0 Å². The predicted molar refractivity (Wildman–Crippen MR) is 78.1 cm³/mol. The van der Waals surface area contributed by atoms with Crippen LogP contribution in [0.1, 0.15) is 62.4 Å². The number of ketones is 1. The molecule has 0 spiro atoms. The van der Waals surface area contributed by atoms with E-state index in [1.165, 1.54) is 16.7 Å². The van der Waals surface area contributed by atoms with E-state index in [1.54, 1.807) is 0 Å². The molecule has 0 saturated heterocycles. The first kappa shape index (κ1) is 9.94. The van der Waals surface area contributed by atoms with Crippen LogP contribution in [0.2, 0.25) is 0 Å². The second kappa shape index (κ2) is 4.30. The van der Waals surface area contributed by atoms with Gasteiger partial charge in [0.2, 0.25) is 0 Å². The number of rotatable bonds is 0. The summed E-state index contributed by atoms with van der Waals surface area (Å²) in [5.74, 6) is 0.572. The van der Waals surface area contributed by atoms with Gasteiger partial charge in [-0.15, -0.1) is 0 Å². The number of allylic oxidation sites excluding steroid dienone is 4. The van der Waals surface area contributed by atoms with Gasteiger partial charge in [0.15, 0.2) is 0 Å². The Bertz CT molecular complexity index is 647. The van der Waals surface area contributed by atoms with Crippen LogP contribution in [0.3, 0.4) is 0 Å². The third kappa shape index (κ3) is 1.64. The average Bonchev–Trinajstić information content (AvgIpc) is 2.62. The van der Waals surface area contributed by atoms with Crippen molar-refractivity contribution in [3.8, 4) is 0 Å². The lowest BCUT2D eigenvalue weighted by Gasteiger charge is -2.46. The molecule has 0 aromatic carbocycles. The molecule has 0 aromatic heterocycles. The van der Waals surface area contributed by atoms with Gasteiger partial charge in [0, 0.05) is 21.0 Å². The summed E-state index contributed by atoms with van der Waals surface area (Å²) in [7, 11) is 0. The number of fused-ring (bicyclic) bond motifs is 4. The lowest BCUT2D eigenvalue weighted by atomic mass is 9.58. The second-order valence-corrected chi connectivity index (χ2v) is 7.06. The summed E-state index contributed by atoms with van der Waals surface area (Å²) >= 11 is 0. The zero-order valence-electron chi connectivity index (χ0n) is 15.0. The Labute approximate surface area is 125 Å². The Balaban J connectivity index is 1.76. The van der Waals surface area contributed by atoms with Crippen LogP contribution in [-0.4, -0.2) is 17.0 Å². The van der Waals surface area contributed by atoms with Crippen molar-refractivity contribution in [1.82, 2.24) is 0 Å². The van der Waals surface area contributed by atoms with Gasteiger partial charge in [-0.1, -0.05) is 18.6 Å². The first-order valence-corrected chi connectivity index (χ1v) is 7.83. The van der Waals surface area contributed by atoms with E-state index in [2.05, 4.69) is 6.08 Å². The number of hydrogen-bond donors (Lipinski definition) is 1. The highest BCUT2D eigenvalue weighted by Gasteiger charge is 2.52. The molecular weight excluding hydrogens is 248 g/mol. The van der Waals surface area contributed by atoms with Gasteiger partial charge in [0.25, 0.3) is 0 Å². The van der Waals surface area contributed by atoms with Crippen molar-refractivity contribution in [2.75, 3.05) is 0 Å². The zero-order chi connectivity index (χ0) is 16.6. The van der Waals surface area contributed by atoms with Crippen molar-refractivity contribution in [1.29, 1.82) is 0 Å². The molecule has 4 rings (SSSR count). The van der Waals surface area contributed by atoms with Crippen LogP contribution in [-0.2, 0) is 4.79 Å². The van der Waals surface area contributed by atoms with Gasteiger partial charge in [0.1, 0.15) is 5.78 Å². The minimum atomic E-state index is -2.04. The van der Waals surface area contributed by atoms with Crippen molar-refractivity contribution < 1.29 is 14.0 Å². The van der Waals surface area contributed by atoms with Crippen LogP contribution in [0.4, 0.5) is 0 Å². The fourth-order valence-corrected chi connectivity index (χ4v) is 4.83. The molecule has 1 fully saturated rings. The molecule has 1 N–H and O–H groups in total. The molecule has 0 heterocycles. The molecule has 0 radical (unpaired) electrons. The lowest BCUT2D eigenvalue weighted by molar-refractivity contribution is -0.118. The highest BCUT2D eigenvalue weighted by Crippen LogP contribution is 2.58. The van der Waals surface area contributed by atoms with Gasteiger partial charge in [-0.05, 0) is 61.5 Å². The van der Waals surface area contributed by atoms with Gasteiger partial charge >= 0.3 is 0 Å². The number of carbonyl (C=O) groups is 1. The maximum absolute atomic E-state index is 11.7. The lowest BCUT2D eigenvalue weighted by Crippen LogP contribution is -2.40. The second-order valence-electron chi connectivity index (χ2n) is 7.06. The fraction of sp³-hybridized carbons (Fsp3) is 0.722. The van der Waals surface area contributed by atoms with Crippen molar-refractivity contribution >= 4 is 5.78 Å². The summed E-state index contributed by atoms with van der Waals surface area (Å²) in [6, 6.07) is 0. The van der Waals surface area contributed by atoms with E-state index < -0.39 is 17.9 Å². The van der Waals surface area contributed by atoms with Crippen LogP contribution >= 0.6 is 0 Å². The third-order valence-corrected chi connectivity index (χ3v) is 6.08. The number of Topliss-reactive ketones (excluding diaryl/α,β-unsaturated/α-hetero) is 1. The number of carbonyl (C=O) groups excluding carboxylic acids is 1. The van der Waals surface area contributed by atoms with Crippen LogP contribution in [0, 0.1) is 17.3 Å². The molecule has 20 heavy (non-hydrogen) atoms. The SMILES string of the molecule is [2H]C1([2H])C[C@H]2[C@@H]3CCC4=C(CCC(=O)C4)C3=CC[C@]2(C)[C@]1([2H])O. The van der Waals surface area contributed by atoms with Crippen LogP contribution < -0.4 is 0 Å². The standard InChI is InChI=1S/C18H24O2/c1-18-9-8-14-13-5-3-12(19)10-11(13)2-4-15(14)16(18)6-7-17(18)20/h8,15-17,20H,2-7,9-10H2,1H3/t15-,16+,17-,18+/m1/s1/i7D2,17D. The molecule has 0 unspecified atom stereocenters. The topological polar surface area (TPSA) is 37.3 Å². The Morgan fingerprint density at radius 3 is 3.10 bits per heavy atom. The normalized spacial score (nSPS) is 52.2.